The van der Waals surface area contributed by atoms with Crippen LogP contribution in [0.5, 0.6) is 17.2 Å². The molecule has 7 nitrogen and oxygen atoms in total. The zero-order chi connectivity index (χ0) is 23.4. The summed E-state index contributed by atoms with van der Waals surface area (Å²) < 4.78 is 15.9. The Balaban J connectivity index is 1.72. The van der Waals surface area contributed by atoms with E-state index in [0.29, 0.717) is 34.1 Å². The van der Waals surface area contributed by atoms with Gasteiger partial charge in [-0.15, -0.1) is 0 Å². The standard InChI is InChI=1S/C26H24N2O5/c1-31-20-11-9-17(10-12-20)16-28-25(29)23(18-7-5-4-6-8-18)24(26(28)30)27-19-13-21(32-2)15-22(14-19)33-3/h4-15,27H,16H2,1-3H3. The fourth-order valence-corrected chi connectivity index (χ4v) is 3.65. The monoisotopic (exact) mass is 444 g/mol. The number of hydrogen-bond acceptors (Lipinski definition) is 6. The lowest BCUT2D eigenvalue weighted by Crippen LogP contribution is -2.32. The zero-order valence-corrected chi connectivity index (χ0v) is 18.6. The molecular weight excluding hydrogens is 420 g/mol. The highest BCUT2D eigenvalue weighted by Crippen LogP contribution is 2.33. The molecule has 0 unspecified atom stereocenters. The first-order chi connectivity index (χ1) is 16.0. The molecule has 1 aliphatic rings. The van der Waals surface area contributed by atoms with Gasteiger partial charge < -0.3 is 19.5 Å². The molecule has 0 aromatic heterocycles. The van der Waals surface area contributed by atoms with E-state index in [9.17, 15) is 9.59 Å². The summed E-state index contributed by atoms with van der Waals surface area (Å²) in [4.78, 5) is 28.1. The van der Waals surface area contributed by atoms with Gasteiger partial charge in [0.15, 0.2) is 0 Å². The van der Waals surface area contributed by atoms with Gasteiger partial charge in [0, 0.05) is 23.9 Å². The van der Waals surface area contributed by atoms with Crippen molar-refractivity contribution in [3.63, 3.8) is 0 Å². The van der Waals surface area contributed by atoms with E-state index >= 15 is 0 Å². The van der Waals surface area contributed by atoms with Crippen molar-refractivity contribution in [2.75, 3.05) is 26.6 Å². The van der Waals surface area contributed by atoms with Crippen LogP contribution < -0.4 is 19.5 Å². The van der Waals surface area contributed by atoms with Crippen molar-refractivity contribution >= 4 is 23.1 Å². The third kappa shape index (κ3) is 4.52. The van der Waals surface area contributed by atoms with Gasteiger partial charge in [-0.2, -0.15) is 0 Å². The number of nitrogens with one attached hydrogen (secondary N) is 1. The largest absolute Gasteiger partial charge is 0.497 e. The second-order valence-corrected chi connectivity index (χ2v) is 7.39. The number of anilines is 1. The summed E-state index contributed by atoms with van der Waals surface area (Å²) in [6.45, 7) is 0.143. The molecule has 1 aliphatic heterocycles. The number of nitrogens with zero attached hydrogens (tertiary/aromatic N) is 1. The molecule has 3 aromatic rings. The number of benzene rings is 3. The molecule has 168 valence electrons. The number of imide groups is 1. The van der Waals surface area contributed by atoms with Crippen LogP contribution in [0, 0.1) is 0 Å². The summed E-state index contributed by atoms with van der Waals surface area (Å²) in [5, 5.41) is 3.14. The van der Waals surface area contributed by atoms with Crippen LogP contribution in [0.15, 0.2) is 78.5 Å². The van der Waals surface area contributed by atoms with Gasteiger partial charge in [0.25, 0.3) is 11.8 Å². The lowest BCUT2D eigenvalue weighted by Gasteiger charge is -2.16. The van der Waals surface area contributed by atoms with Gasteiger partial charge in [0.1, 0.15) is 22.9 Å². The summed E-state index contributed by atoms with van der Waals surface area (Å²) in [6, 6.07) is 21.6. The molecule has 0 radical (unpaired) electrons. The Labute approximate surface area is 192 Å². The van der Waals surface area contributed by atoms with Crippen LogP contribution in [0.1, 0.15) is 11.1 Å². The maximum Gasteiger partial charge on any atom is 0.278 e. The maximum atomic E-state index is 13.4. The summed E-state index contributed by atoms with van der Waals surface area (Å²) >= 11 is 0. The van der Waals surface area contributed by atoms with Crippen LogP contribution in [0.4, 0.5) is 5.69 Å². The van der Waals surface area contributed by atoms with E-state index in [0.717, 1.165) is 5.56 Å². The molecule has 2 amide bonds. The van der Waals surface area contributed by atoms with Crippen LogP contribution in [0.25, 0.3) is 5.57 Å². The second-order valence-electron chi connectivity index (χ2n) is 7.39. The minimum Gasteiger partial charge on any atom is -0.497 e. The van der Waals surface area contributed by atoms with Crippen LogP contribution in [-0.4, -0.2) is 38.0 Å². The molecule has 0 spiro atoms. The second kappa shape index (κ2) is 9.48. The van der Waals surface area contributed by atoms with Gasteiger partial charge in [-0.3, -0.25) is 14.5 Å². The number of carbonyl (C=O) groups excluding carboxylic acids is 2. The maximum absolute atomic E-state index is 13.4. The van der Waals surface area contributed by atoms with Crippen molar-refractivity contribution in [2.45, 2.75) is 6.54 Å². The lowest BCUT2D eigenvalue weighted by molar-refractivity contribution is -0.137. The fraction of sp³-hybridized carbons (Fsp3) is 0.154. The van der Waals surface area contributed by atoms with Gasteiger partial charge in [-0.1, -0.05) is 42.5 Å². The number of carbonyl (C=O) groups is 2. The molecule has 0 saturated heterocycles. The van der Waals surface area contributed by atoms with Crippen molar-refractivity contribution in [3.8, 4) is 17.2 Å². The molecule has 3 aromatic carbocycles. The average molecular weight is 444 g/mol. The Kier molecular flexibility index (Phi) is 6.31. The molecule has 0 saturated carbocycles. The van der Waals surface area contributed by atoms with Crippen LogP contribution >= 0.6 is 0 Å². The summed E-state index contributed by atoms with van der Waals surface area (Å²) in [6.07, 6.45) is 0. The third-order valence-electron chi connectivity index (χ3n) is 5.35. The normalized spacial score (nSPS) is 13.4. The number of ether oxygens (including phenoxy) is 3. The molecule has 1 N–H and O–H groups in total. The van der Waals surface area contributed by atoms with Crippen molar-refractivity contribution < 1.29 is 23.8 Å². The highest BCUT2D eigenvalue weighted by atomic mass is 16.5. The summed E-state index contributed by atoms with van der Waals surface area (Å²) in [7, 11) is 4.69. The predicted molar refractivity (Wildman–Crippen MR) is 125 cm³/mol. The molecule has 0 aliphatic carbocycles. The van der Waals surface area contributed by atoms with E-state index in [4.69, 9.17) is 14.2 Å². The fourth-order valence-electron chi connectivity index (χ4n) is 3.65. The molecule has 1 heterocycles. The lowest BCUT2D eigenvalue weighted by atomic mass is 10.0. The van der Waals surface area contributed by atoms with Gasteiger partial charge >= 0.3 is 0 Å². The molecule has 4 rings (SSSR count). The predicted octanol–water partition coefficient (Wildman–Crippen LogP) is 4.10. The van der Waals surface area contributed by atoms with Gasteiger partial charge in [0.2, 0.25) is 0 Å². The average Bonchev–Trinajstić information content (AvgIpc) is 3.08. The van der Waals surface area contributed by atoms with Crippen molar-refractivity contribution in [1.29, 1.82) is 0 Å². The Morgan fingerprint density at radius 2 is 1.33 bits per heavy atom. The van der Waals surface area contributed by atoms with E-state index in [2.05, 4.69) is 5.32 Å². The molecule has 33 heavy (non-hydrogen) atoms. The number of rotatable bonds is 8. The highest BCUT2D eigenvalue weighted by molar-refractivity contribution is 6.36. The first kappa shape index (κ1) is 22.0. The quantitative estimate of drug-likeness (QED) is 0.527. The van der Waals surface area contributed by atoms with E-state index in [-0.39, 0.29) is 18.1 Å². The summed E-state index contributed by atoms with van der Waals surface area (Å²) in [5.41, 5.74) is 2.56. The SMILES string of the molecule is COc1ccc(CN2C(=O)C(Nc3cc(OC)cc(OC)c3)=C(c3ccccc3)C2=O)cc1. The molecule has 0 bridgehead atoms. The smallest absolute Gasteiger partial charge is 0.278 e. The zero-order valence-electron chi connectivity index (χ0n) is 18.6. The number of amides is 2. The summed E-state index contributed by atoms with van der Waals surface area (Å²) in [5.74, 6) is 1.06. The molecule has 0 atom stereocenters. The number of hydrogen-bond donors (Lipinski definition) is 1. The molecular formula is C26H24N2O5. The van der Waals surface area contributed by atoms with Gasteiger partial charge in [-0.05, 0) is 23.3 Å². The van der Waals surface area contributed by atoms with Gasteiger partial charge in [-0.25, -0.2) is 0 Å². The Morgan fingerprint density at radius 1 is 0.727 bits per heavy atom. The Morgan fingerprint density at radius 3 is 1.91 bits per heavy atom. The first-order valence-corrected chi connectivity index (χ1v) is 10.3. The first-order valence-electron chi connectivity index (χ1n) is 10.3. The van der Waals surface area contributed by atoms with Crippen molar-refractivity contribution in [3.05, 3.63) is 89.6 Å². The van der Waals surface area contributed by atoms with E-state index in [1.54, 1.807) is 51.7 Å². The topological polar surface area (TPSA) is 77.1 Å². The van der Waals surface area contributed by atoms with Crippen molar-refractivity contribution in [2.24, 2.45) is 0 Å². The van der Waals surface area contributed by atoms with Crippen LogP contribution in [0.2, 0.25) is 0 Å². The number of methoxy groups -OCH3 is 3. The third-order valence-corrected chi connectivity index (χ3v) is 5.35. The minimum absolute atomic E-state index is 0.143. The molecule has 0 fully saturated rings. The van der Waals surface area contributed by atoms with Crippen molar-refractivity contribution in [1.82, 2.24) is 4.90 Å². The highest BCUT2D eigenvalue weighted by Gasteiger charge is 2.39. The van der Waals surface area contributed by atoms with E-state index in [1.807, 2.05) is 42.5 Å². The minimum atomic E-state index is -0.406. The van der Waals surface area contributed by atoms with E-state index < -0.39 is 5.91 Å². The molecule has 7 heteroatoms. The van der Waals surface area contributed by atoms with Crippen LogP contribution in [0.3, 0.4) is 0 Å². The van der Waals surface area contributed by atoms with Crippen LogP contribution in [-0.2, 0) is 16.1 Å². The van der Waals surface area contributed by atoms with E-state index in [1.165, 1.54) is 4.90 Å². The van der Waals surface area contributed by atoms with Gasteiger partial charge in [0.05, 0.1) is 33.4 Å². The Bertz CT molecular complexity index is 1180. The Hall–Kier alpha value is -4.26.